The van der Waals surface area contributed by atoms with Crippen LogP contribution < -0.4 is 10.6 Å². The van der Waals surface area contributed by atoms with E-state index in [0.717, 1.165) is 31.4 Å². The Bertz CT molecular complexity index is 943. The molecule has 0 atom stereocenters. The smallest absolute Gasteiger partial charge is 0.255 e. The van der Waals surface area contributed by atoms with E-state index in [-0.39, 0.29) is 24.4 Å². The number of carbonyl (C=O) groups is 3. The van der Waals surface area contributed by atoms with Gasteiger partial charge in [-0.3, -0.25) is 14.4 Å². The average Bonchev–Trinajstić information content (AvgIpc) is 2.74. The lowest BCUT2D eigenvalue weighted by Gasteiger charge is -2.27. The van der Waals surface area contributed by atoms with E-state index in [1.165, 1.54) is 0 Å². The van der Waals surface area contributed by atoms with Gasteiger partial charge in [0.15, 0.2) is 0 Å². The van der Waals surface area contributed by atoms with Crippen molar-refractivity contribution in [3.63, 3.8) is 0 Å². The Morgan fingerprint density at radius 2 is 1.67 bits per heavy atom. The molecule has 3 amide bonds. The highest BCUT2D eigenvalue weighted by atomic mass is 19.1. The van der Waals surface area contributed by atoms with E-state index in [9.17, 15) is 23.2 Å². The highest BCUT2D eigenvalue weighted by molar-refractivity contribution is 6.04. The van der Waals surface area contributed by atoms with Crippen LogP contribution in [-0.2, 0) is 4.79 Å². The van der Waals surface area contributed by atoms with Crippen molar-refractivity contribution < 1.29 is 23.2 Å². The molecule has 1 aliphatic rings. The van der Waals surface area contributed by atoms with Crippen LogP contribution in [-0.4, -0.2) is 42.3 Å². The molecule has 158 valence electrons. The van der Waals surface area contributed by atoms with Crippen molar-refractivity contribution in [2.24, 2.45) is 0 Å². The fourth-order valence-electron chi connectivity index (χ4n) is 3.32. The number of anilines is 1. The van der Waals surface area contributed by atoms with Gasteiger partial charge in [0.05, 0.1) is 16.8 Å². The maximum atomic E-state index is 13.6. The molecule has 0 unspecified atom stereocenters. The fourth-order valence-corrected chi connectivity index (χ4v) is 3.32. The number of likely N-dealkylation sites (tertiary alicyclic amines) is 1. The largest absolute Gasteiger partial charge is 0.351 e. The number of amides is 3. The number of hydrogen-bond donors (Lipinski definition) is 2. The summed E-state index contributed by atoms with van der Waals surface area (Å²) in [6, 6.07) is 9.45. The zero-order valence-corrected chi connectivity index (χ0v) is 16.4. The van der Waals surface area contributed by atoms with Crippen LogP contribution in [0.4, 0.5) is 14.5 Å². The fraction of sp³-hybridized carbons (Fsp3) is 0.318. The number of para-hydroxylation sites is 1. The summed E-state index contributed by atoms with van der Waals surface area (Å²) in [5, 5.41) is 5.13. The molecule has 8 heteroatoms. The SMILES string of the molecule is O=C(CCNC(=O)c1ccc(F)cc1F)Nc1ccccc1C(=O)N1CCCCC1. The molecule has 1 saturated heterocycles. The Morgan fingerprint density at radius 1 is 0.933 bits per heavy atom. The normalized spacial score (nSPS) is 13.6. The lowest BCUT2D eigenvalue weighted by molar-refractivity contribution is -0.116. The molecule has 6 nitrogen and oxygen atoms in total. The highest BCUT2D eigenvalue weighted by Gasteiger charge is 2.21. The summed E-state index contributed by atoms with van der Waals surface area (Å²) in [7, 11) is 0. The van der Waals surface area contributed by atoms with Gasteiger partial charge in [-0.05, 0) is 43.5 Å². The third kappa shape index (κ3) is 5.40. The monoisotopic (exact) mass is 415 g/mol. The molecule has 0 aromatic heterocycles. The predicted molar refractivity (Wildman–Crippen MR) is 108 cm³/mol. The van der Waals surface area contributed by atoms with Gasteiger partial charge in [-0.15, -0.1) is 0 Å². The van der Waals surface area contributed by atoms with Crippen LogP contribution in [0.2, 0.25) is 0 Å². The van der Waals surface area contributed by atoms with E-state index >= 15 is 0 Å². The maximum absolute atomic E-state index is 13.6. The Morgan fingerprint density at radius 3 is 2.40 bits per heavy atom. The molecule has 3 rings (SSSR count). The van der Waals surface area contributed by atoms with Gasteiger partial charge < -0.3 is 15.5 Å². The number of rotatable bonds is 6. The van der Waals surface area contributed by atoms with Gasteiger partial charge in [0.25, 0.3) is 11.8 Å². The Balaban J connectivity index is 1.55. The molecule has 0 spiro atoms. The van der Waals surface area contributed by atoms with E-state index in [1.54, 1.807) is 29.2 Å². The minimum atomic E-state index is -0.970. The maximum Gasteiger partial charge on any atom is 0.255 e. The molecule has 0 aliphatic carbocycles. The summed E-state index contributed by atoms with van der Waals surface area (Å²) >= 11 is 0. The van der Waals surface area contributed by atoms with Crippen molar-refractivity contribution in [2.45, 2.75) is 25.7 Å². The Labute approximate surface area is 173 Å². The quantitative estimate of drug-likeness (QED) is 0.760. The lowest BCUT2D eigenvalue weighted by atomic mass is 10.1. The zero-order valence-electron chi connectivity index (χ0n) is 16.4. The van der Waals surface area contributed by atoms with Crippen LogP contribution in [0.1, 0.15) is 46.4 Å². The van der Waals surface area contributed by atoms with Gasteiger partial charge in [0, 0.05) is 32.1 Å². The minimum Gasteiger partial charge on any atom is -0.351 e. The molecule has 0 saturated carbocycles. The van der Waals surface area contributed by atoms with Crippen molar-refractivity contribution in [3.8, 4) is 0 Å². The van der Waals surface area contributed by atoms with Crippen molar-refractivity contribution in [2.75, 3.05) is 25.0 Å². The summed E-state index contributed by atoms with van der Waals surface area (Å²) in [5.74, 6) is -3.00. The number of nitrogens with one attached hydrogen (secondary N) is 2. The molecule has 30 heavy (non-hydrogen) atoms. The van der Waals surface area contributed by atoms with Crippen molar-refractivity contribution in [1.82, 2.24) is 10.2 Å². The van der Waals surface area contributed by atoms with Gasteiger partial charge in [-0.25, -0.2) is 8.78 Å². The highest BCUT2D eigenvalue weighted by Crippen LogP contribution is 2.20. The van der Waals surface area contributed by atoms with Gasteiger partial charge in [-0.2, -0.15) is 0 Å². The summed E-state index contributed by atoms with van der Waals surface area (Å²) in [4.78, 5) is 38.8. The van der Waals surface area contributed by atoms with Crippen LogP contribution in [0.15, 0.2) is 42.5 Å². The van der Waals surface area contributed by atoms with Crippen molar-refractivity contribution >= 4 is 23.4 Å². The predicted octanol–water partition coefficient (Wildman–Crippen LogP) is 3.35. The standard InChI is InChI=1S/C22H23F2N3O3/c23-15-8-9-16(18(24)14-15)21(29)25-11-10-20(28)26-19-7-3-2-6-17(19)22(30)27-12-4-1-5-13-27/h2-3,6-9,14H,1,4-5,10-13H2,(H,25,29)(H,26,28). The lowest BCUT2D eigenvalue weighted by Crippen LogP contribution is -2.36. The van der Waals surface area contributed by atoms with Crippen LogP contribution in [0.5, 0.6) is 0 Å². The number of benzene rings is 2. The molecule has 1 aliphatic heterocycles. The second kappa shape index (κ2) is 9.96. The van der Waals surface area contributed by atoms with Crippen LogP contribution in [0.3, 0.4) is 0 Å². The van der Waals surface area contributed by atoms with Crippen molar-refractivity contribution in [1.29, 1.82) is 0 Å². The molecule has 0 bridgehead atoms. The van der Waals surface area contributed by atoms with Gasteiger partial charge in [0.2, 0.25) is 5.91 Å². The molecular formula is C22H23F2N3O3. The van der Waals surface area contributed by atoms with Crippen molar-refractivity contribution in [3.05, 3.63) is 65.2 Å². The zero-order chi connectivity index (χ0) is 21.5. The second-order valence-electron chi connectivity index (χ2n) is 7.08. The number of carbonyl (C=O) groups excluding carboxylic acids is 3. The number of piperidine rings is 1. The first-order valence-electron chi connectivity index (χ1n) is 9.87. The summed E-state index contributed by atoms with van der Waals surface area (Å²) in [6.07, 6.45) is 2.97. The molecule has 2 aromatic rings. The first kappa shape index (κ1) is 21.4. The van der Waals surface area contributed by atoms with E-state index < -0.39 is 23.4 Å². The second-order valence-corrected chi connectivity index (χ2v) is 7.08. The van der Waals surface area contributed by atoms with E-state index in [2.05, 4.69) is 10.6 Å². The Kier molecular flexibility index (Phi) is 7.11. The van der Waals surface area contributed by atoms with Gasteiger partial charge >= 0.3 is 0 Å². The van der Waals surface area contributed by atoms with E-state index in [4.69, 9.17) is 0 Å². The van der Waals surface area contributed by atoms with Gasteiger partial charge in [0.1, 0.15) is 11.6 Å². The van der Waals surface area contributed by atoms with Crippen LogP contribution in [0, 0.1) is 11.6 Å². The van der Waals surface area contributed by atoms with Crippen LogP contribution in [0.25, 0.3) is 0 Å². The van der Waals surface area contributed by atoms with Gasteiger partial charge in [-0.1, -0.05) is 12.1 Å². The molecular weight excluding hydrogens is 392 g/mol. The summed E-state index contributed by atoms with van der Waals surface area (Å²) in [5.41, 5.74) is 0.536. The average molecular weight is 415 g/mol. The first-order valence-corrected chi connectivity index (χ1v) is 9.87. The molecule has 2 aromatic carbocycles. The number of nitrogens with zero attached hydrogens (tertiary/aromatic N) is 1. The molecule has 2 N–H and O–H groups in total. The third-order valence-electron chi connectivity index (χ3n) is 4.89. The Hall–Kier alpha value is -3.29. The van der Waals surface area contributed by atoms with Crippen LogP contribution >= 0.6 is 0 Å². The third-order valence-corrected chi connectivity index (χ3v) is 4.89. The molecule has 0 radical (unpaired) electrons. The summed E-state index contributed by atoms with van der Waals surface area (Å²) in [6.45, 7) is 1.36. The van der Waals surface area contributed by atoms with E-state index in [1.807, 2.05) is 0 Å². The number of hydrogen-bond acceptors (Lipinski definition) is 3. The molecule has 1 heterocycles. The summed E-state index contributed by atoms with van der Waals surface area (Å²) < 4.78 is 26.6. The van der Waals surface area contributed by atoms with E-state index in [0.29, 0.717) is 30.4 Å². The first-order chi connectivity index (χ1) is 14.5. The topological polar surface area (TPSA) is 78.5 Å². The minimum absolute atomic E-state index is 0.0380. The molecule has 1 fully saturated rings. The number of halogens is 2.